The summed E-state index contributed by atoms with van der Waals surface area (Å²) in [6, 6.07) is 13.7. The van der Waals surface area contributed by atoms with Crippen molar-refractivity contribution in [3.05, 3.63) is 60.0 Å². The Morgan fingerprint density at radius 3 is 2.22 bits per heavy atom. The fraction of sp³-hybridized carbons (Fsp3) is 0.360. The van der Waals surface area contributed by atoms with Crippen LogP contribution in [0.15, 0.2) is 57.8 Å². The average molecular weight is 513 g/mol. The van der Waals surface area contributed by atoms with Gasteiger partial charge in [-0.1, -0.05) is 24.2 Å². The lowest BCUT2D eigenvalue weighted by molar-refractivity contribution is -0.138. The summed E-state index contributed by atoms with van der Waals surface area (Å²) in [5.74, 6) is -0.852. The van der Waals surface area contributed by atoms with E-state index in [1.807, 2.05) is 24.3 Å². The van der Waals surface area contributed by atoms with Crippen molar-refractivity contribution in [2.45, 2.75) is 49.8 Å². The van der Waals surface area contributed by atoms with E-state index in [4.69, 9.17) is 9.52 Å². The number of anilines is 3. The summed E-state index contributed by atoms with van der Waals surface area (Å²) in [6.45, 7) is 1.58. The molecular formula is C25H28N4O6S. The first-order chi connectivity index (χ1) is 17.2. The summed E-state index contributed by atoms with van der Waals surface area (Å²) < 4.78 is 29.2. The average Bonchev–Trinajstić information content (AvgIpc) is 3.34. The molecule has 190 valence electrons. The minimum absolute atomic E-state index is 0.0000901. The van der Waals surface area contributed by atoms with E-state index in [2.05, 4.69) is 20.8 Å². The molecule has 1 heterocycles. The maximum Gasteiger partial charge on any atom is 0.320 e. The molecule has 1 aromatic heterocycles. The van der Waals surface area contributed by atoms with Gasteiger partial charge in [0.05, 0.1) is 10.6 Å². The number of nitrogens with one attached hydrogen (secondary N) is 2. The molecule has 0 aliphatic heterocycles. The third-order valence-corrected chi connectivity index (χ3v) is 8.16. The van der Waals surface area contributed by atoms with Crippen molar-refractivity contribution >= 4 is 39.1 Å². The second kappa shape index (κ2) is 10.9. The third-order valence-electron chi connectivity index (χ3n) is 6.41. The lowest BCUT2D eigenvalue weighted by atomic mass is 9.77. The van der Waals surface area contributed by atoms with Gasteiger partial charge in [0.15, 0.2) is 9.84 Å². The summed E-state index contributed by atoms with van der Waals surface area (Å²) in [7, 11) is -3.29. The van der Waals surface area contributed by atoms with Gasteiger partial charge >= 0.3 is 23.8 Å². The zero-order valence-corrected chi connectivity index (χ0v) is 20.6. The topological polar surface area (TPSA) is 151 Å². The van der Waals surface area contributed by atoms with E-state index < -0.39 is 21.7 Å². The summed E-state index contributed by atoms with van der Waals surface area (Å²) >= 11 is 0. The summed E-state index contributed by atoms with van der Waals surface area (Å²) in [5, 5.41) is 22.1. The number of sulfone groups is 1. The number of carbonyl (C=O) groups excluding carboxylic acids is 1. The molecule has 10 nitrogen and oxygen atoms in total. The molecular weight excluding hydrogens is 484 g/mol. The Morgan fingerprint density at radius 2 is 1.61 bits per heavy atom. The van der Waals surface area contributed by atoms with Crippen LogP contribution in [0.2, 0.25) is 0 Å². The number of aliphatic carboxylic acids is 1. The molecule has 2 aromatic carbocycles. The molecule has 0 bridgehead atoms. The van der Waals surface area contributed by atoms with E-state index in [0.29, 0.717) is 17.3 Å². The predicted molar refractivity (Wildman–Crippen MR) is 133 cm³/mol. The molecule has 36 heavy (non-hydrogen) atoms. The first-order valence-corrected chi connectivity index (χ1v) is 13.4. The number of carboxylic acids is 1. The third kappa shape index (κ3) is 6.28. The van der Waals surface area contributed by atoms with Crippen molar-refractivity contribution in [3.63, 3.8) is 0 Å². The molecule has 0 saturated heterocycles. The molecule has 4 rings (SSSR count). The molecule has 1 aliphatic rings. The predicted octanol–water partition coefficient (Wildman–Crippen LogP) is 4.61. The quantitative estimate of drug-likeness (QED) is 0.373. The molecule has 0 spiro atoms. The number of nitrogens with zero attached hydrogens (tertiary/aromatic N) is 2. The van der Waals surface area contributed by atoms with Crippen molar-refractivity contribution in [2.24, 2.45) is 5.92 Å². The van der Waals surface area contributed by atoms with Crippen molar-refractivity contribution in [3.8, 4) is 0 Å². The molecule has 1 fully saturated rings. The van der Waals surface area contributed by atoms with E-state index in [1.54, 1.807) is 19.1 Å². The molecule has 3 N–H and O–H groups in total. The number of carbonyl (C=O) groups is 2. The molecule has 1 saturated carbocycles. The fourth-order valence-electron chi connectivity index (χ4n) is 4.37. The van der Waals surface area contributed by atoms with Gasteiger partial charge in [-0.3, -0.25) is 9.59 Å². The Bertz CT molecular complexity index is 1310. The highest BCUT2D eigenvalue weighted by Crippen LogP contribution is 2.37. The molecule has 11 heteroatoms. The van der Waals surface area contributed by atoms with Crippen LogP contribution in [-0.2, 0) is 14.6 Å². The molecule has 3 aromatic rings. The van der Waals surface area contributed by atoms with E-state index in [1.165, 1.54) is 17.7 Å². The second-order valence-corrected chi connectivity index (χ2v) is 11.1. The Morgan fingerprint density at radius 1 is 0.972 bits per heavy atom. The van der Waals surface area contributed by atoms with Gasteiger partial charge in [-0.05, 0) is 79.5 Å². The van der Waals surface area contributed by atoms with Crippen molar-refractivity contribution < 1.29 is 27.5 Å². The lowest BCUT2D eigenvalue weighted by Crippen LogP contribution is -2.16. The van der Waals surface area contributed by atoms with Gasteiger partial charge in [0.25, 0.3) is 0 Å². The zero-order chi connectivity index (χ0) is 25.7. The van der Waals surface area contributed by atoms with Crippen molar-refractivity contribution in [1.29, 1.82) is 0 Å². The van der Waals surface area contributed by atoms with Crippen LogP contribution in [0.5, 0.6) is 0 Å². The van der Waals surface area contributed by atoms with E-state index in [9.17, 15) is 18.0 Å². The van der Waals surface area contributed by atoms with Gasteiger partial charge in [0.1, 0.15) is 0 Å². The number of hydrogen-bond donors (Lipinski definition) is 3. The molecule has 0 unspecified atom stereocenters. The normalized spacial score (nSPS) is 17.9. The lowest BCUT2D eigenvalue weighted by Gasteiger charge is -2.28. The van der Waals surface area contributed by atoms with Crippen LogP contribution in [0.3, 0.4) is 0 Å². The largest absolute Gasteiger partial charge is 0.481 e. The van der Waals surface area contributed by atoms with Gasteiger partial charge in [-0.2, -0.15) is 0 Å². The number of carboxylic acid groups (broad SMARTS) is 1. The van der Waals surface area contributed by atoms with Crippen LogP contribution < -0.4 is 10.6 Å². The summed E-state index contributed by atoms with van der Waals surface area (Å²) in [4.78, 5) is 23.7. The van der Waals surface area contributed by atoms with Gasteiger partial charge in [0.2, 0.25) is 0 Å². The first-order valence-electron chi connectivity index (χ1n) is 11.8. The minimum atomic E-state index is -3.29. The SMILES string of the molecule is CCS(=O)(=O)c1ccc(Nc2nnc(C(=O)Nc3ccc([C@H]4CC[C@H](CC(=O)O)CC4)cc3)o2)cc1. The van der Waals surface area contributed by atoms with Crippen LogP contribution in [-0.4, -0.2) is 41.4 Å². The van der Waals surface area contributed by atoms with E-state index in [0.717, 1.165) is 25.7 Å². The number of hydrogen-bond acceptors (Lipinski definition) is 8. The van der Waals surface area contributed by atoms with Crippen LogP contribution >= 0.6 is 0 Å². The highest BCUT2D eigenvalue weighted by atomic mass is 32.2. The van der Waals surface area contributed by atoms with Crippen LogP contribution in [0.4, 0.5) is 17.4 Å². The number of amides is 1. The second-order valence-electron chi connectivity index (χ2n) is 8.86. The van der Waals surface area contributed by atoms with E-state index in [-0.39, 0.29) is 34.9 Å². The molecule has 0 radical (unpaired) electrons. The van der Waals surface area contributed by atoms with Gasteiger partial charge in [0, 0.05) is 17.8 Å². The van der Waals surface area contributed by atoms with Crippen LogP contribution in [0.1, 0.15) is 61.2 Å². The Kier molecular flexibility index (Phi) is 7.68. The monoisotopic (exact) mass is 512 g/mol. The summed E-state index contributed by atoms with van der Waals surface area (Å²) in [6.07, 6.45) is 3.97. The van der Waals surface area contributed by atoms with Crippen LogP contribution in [0.25, 0.3) is 0 Å². The van der Waals surface area contributed by atoms with Crippen molar-refractivity contribution in [2.75, 3.05) is 16.4 Å². The highest BCUT2D eigenvalue weighted by molar-refractivity contribution is 7.91. The summed E-state index contributed by atoms with van der Waals surface area (Å²) in [5.41, 5.74) is 2.29. The maximum absolute atomic E-state index is 12.5. The molecule has 0 atom stereocenters. The zero-order valence-electron chi connectivity index (χ0n) is 19.8. The first kappa shape index (κ1) is 25.4. The number of benzene rings is 2. The number of aromatic nitrogens is 2. The van der Waals surface area contributed by atoms with Crippen molar-refractivity contribution in [1.82, 2.24) is 10.2 Å². The van der Waals surface area contributed by atoms with E-state index >= 15 is 0 Å². The smallest absolute Gasteiger partial charge is 0.320 e. The van der Waals surface area contributed by atoms with Gasteiger partial charge < -0.3 is 20.2 Å². The minimum Gasteiger partial charge on any atom is -0.481 e. The molecule has 1 amide bonds. The Hall–Kier alpha value is -3.73. The Labute approximate surface area is 209 Å². The van der Waals surface area contributed by atoms with Gasteiger partial charge in [-0.15, -0.1) is 5.10 Å². The molecule has 1 aliphatic carbocycles. The maximum atomic E-state index is 12.5. The number of rotatable bonds is 9. The van der Waals surface area contributed by atoms with Gasteiger partial charge in [-0.25, -0.2) is 8.42 Å². The van der Waals surface area contributed by atoms with Crippen LogP contribution in [0, 0.1) is 5.92 Å². The standard InChI is InChI=1S/C25H28N4O6S/c1-2-36(33,34)21-13-11-20(12-14-21)27-25-29-28-24(35-25)23(32)26-19-9-7-18(8-10-19)17-5-3-16(4-6-17)15-22(30)31/h7-14,16-17H,2-6,15H2,1H3,(H,26,32)(H,27,29)(H,30,31)/t16-,17-. The highest BCUT2D eigenvalue weighted by Gasteiger charge is 2.24. The Balaban J connectivity index is 1.31. The fourth-order valence-corrected chi connectivity index (χ4v) is 5.26.